The summed E-state index contributed by atoms with van der Waals surface area (Å²) in [6.45, 7) is 9.75. The zero-order chi connectivity index (χ0) is 29.8. The molecule has 0 bridgehead atoms. The second-order valence-corrected chi connectivity index (χ2v) is 12.4. The third-order valence-electron chi connectivity index (χ3n) is 8.22. The lowest BCUT2D eigenvalue weighted by Crippen LogP contribution is -2.52. The molecule has 4 atom stereocenters. The Morgan fingerprint density at radius 1 is 1.14 bits per heavy atom. The van der Waals surface area contributed by atoms with E-state index in [4.69, 9.17) is 19.2 Å². The van der Waals surface area contributed by atoms with Gasteiger partial charge in [-0.05, 0) is 24.5 Å². The number of methoxy groups -OCH3 is 2. The predicted octanol–water partition coefficient (Wildman–Crippen LogP) is 1.92. The Balaban J connectivity index is 1.22. The van der Waals surface area contributed by atoms with Gasteiger partial charge in [0.15, 0.2) is 10.9 Å². The van der Waals surface area contributed by atoms with Gasteiger partial charge < -0.3 is 29.3 Å². The SMILES string of the molecule is COCCN1CCN(c2nc(-c3ccc(C(=O)N[C@@H](CC(C)C)C(=O)N4C[C@H](OC)[C@@H]5OCC(=O)[C@H]54)cc3)cs2)CC1. The van der Waals surface area contributed by atoms with E-state index in [0.29, 0.717) is 12.0 Å². The van der Waals surface area contributed by atoms with Gasteiger partial charge in [-0.25, -0.2) is 4.98 Å². The number of carbonyl (C=O) groups is 3. The normalized spacial score (nSPS) is 23.5. The summed E-state index contributed by atoms with van der Waals surface area (Å²) in [6.07, 6.45) is -0.387. The molecular weight excluding hydrogens is 558 g/mol. The molecule has 12 heteroatoms. The van der Waals surface area contributed by atoms with Crippen molar-refractivity contribution >= 4 is 34.1 Å². The Kier molecular flexibility index (Phi) is 9.89. The minimum Gasteiger partial charge on any atom is -0.383 e. The summed E-state index contributed by atoms with van der Waals surface area (Å²) in [5, 5.41) is 5.98. The summed E-state index contributed by atoms with van der Waals surface area (Å²) in [5.74, 6) is -0.593. The van der Waals surface area contributed by atoms with Crippen molar-refractivity contribution < 1.29 is 28.6 Å². The topological polar surface area (TPSA) is 114 Å². The second kappa shape index (κ2) is 13.6. The number of amides is 2. The van der Waals surface area contributed by atoms with Crippen LogP contribution in [0.1, 0.15) is 30.6 Å². The molecule has 11 nitrogen and oxygen atoms in total. The van der Waals surface area contributed by atoms with Crippen LogP contribution in [0.4, 0.5) is 5.13 Å². The zero-order valence-corrected chi connectivity index (χ0v) is 25.6. The monoisotopic (exact) mass is 599 g/mol. The molecule has 3 aliphatic heterocycles. The van der Waals surface area contributed by atoms with Gasteiger partial charge in [0, 0.05) is 63.5 Å². The number of carbonyl (C=O) groups excluding carboxylic acids is 3. The van der Waals surface area contributed by atoms with Crippen molar-refractivity contribution in [1.29, 1.82) is 0 Å². The molecule has 0 spiro atoms. The minimum atomic E-state index is -0.766. The lowest BCUT2D eigenvalue weighted by Gasteiger charge is -2.34. The van der Waals surface area contributed by atoms with E-state index >= 15 is 0 Å². The number of piperazine rings is 1. The average Bonchev–Trinajstić information content (AvgIpc) is 3.73. The van der Waals surface area contributed by atoms with Crippen LogP contribution in [0.25, 0.3) is 11.3 Å². The van der Waals surface area contributed by atoms with Crippen molar-refractivity contribution in [3.63, 3.8) is 0 Å². The Labute approximate surface area is 251 Å². The van der Waals surface area contributed by atoms with Gasteiger partial charge in [0.1, 0.15) is 30.9 Å². The molecule has 1 aromatic carbocycles. The number of nitrogens with one attached hydrogen (secondary N) is 1. The van der Waals surface area contributed by atoms with E-state index in [-0.39, 0.29) is 42.8 Å². The van der Waals surface area contributed by atoms with Crippen molar-refractivity contribution in [3.05, 3.63) is 35.2 Å². The van der Waals surface area contributed by atoms with Crippen LogP contribution in [-0.2, 0) is 23.8 Å². The molecule has 3 fully saturated rings. The summed E-state index contributed by atoms with van der Waals surface area (Å²) in [6, 6.07) is 5.86. The molecule has 0 aliphatic carbocycles. The van der Waals surface area contributed by atoms with Gasteiger partial charge in [-0.1, -0.05) is 26.0 Å². The lowest BCUT2D eigenvalue weighted by molar-refractivity contribution is -0.138. The number of Topliss-reactive ketones (excluding diaryl/α,β-unsaturated/α-hetero) is 1. The molecule has 0 radical (unpaired) electrons. The number of aromatic nitrogens is 1. The average molecular weight is 600 g/mol. The summed E-state index contributed by atoms with van der Waals surface area (Å²) < 4.78 is 16.3. The fraction of sp³-hybridized carbons (Fsp3) is 0.600. The number of hydrogen-bond donors (Lipinski definition) is 1. The fourth-order valence-corrected chi connectivity index (χ4v) is 6.79. The van der Waals surface area contributed by atoms with Gasteiger partial charge in [-0.3, -0.25) is 19.3 Å². The molecule has 42 heavy (non-hydrogen) atoms. The highest BCUT2D eigenvalue weighted by Crippen LogP contribution is 2.31. The van der Waals surface area contributed by atoms with Crippen LogP contribution in [0.2, 0.25) is 0 Å². The van der Waals surface area contributed by atoms with E-state index in [9.17, 15) is 14.4 Å². The number of fused-ring (bicyclic) bond motifs is 1. The van der Waals surface area contributed by atoms with Crippen LogP contribution in [0.15, 0.2) is 29.6 Å². The standard InChI is InChI=1S/C30H41N5O6S/c1-19(2)15-22(29(38)35-16-25(40-4)27-26(35)24(36)17-41-27)31-28(37)21-7-5-20(6-8-21)23-18-42-30(32-23)34-11-9-33(10-12-34)13-14-39-3/h5-8,18-19,22,25-27H,9-17H2,1-4H3,(H,31,37)/t22-,25-,26+,27-/m0/s1. The molecule has 2 aromatic rings. The zero-order valence-electron chi connectivity index (χ0n) is 24.8. The molecule has 2 amide bonds. The van der Waals surface area contributed by atoms with Crippen LogP contribution < -0.4 is 10.2 Å². The molecule has 1 aromatic heterocycles. The molecule has 0 saturated carbocycles. The summed E-state index contributed by atoms with van der Waals surface area (Å²) in [5.41, 5.74) is 2.25. The molecule has 5 rings (SSSR count). The van der Waals surface area contributed by atoms with Crippen LogP contribution >= 0.6 is 11.3 Å². The van der Waals surface area contributed by atoms with E-state index in [0.717, 1.165) is 55.7 Å². The van der Waals surface area contributed by atoms with Crippen molar-refractivity contribution in [1.82, 2.24) is 20.1 Å². The van der Waals surface area contributed by atoms with Gasteiger partial charge in [-0.15, -0.1) is 11.3 Å². The van der Waals surface area contributed by atoms with E-state index in [1.54, 1.807) is 37.7 Å². The minimum absolute atomic E-state index is 0.0292. The predicted molar refractivity (Wildman–Crippen MR) is 160 cm³/mol. The number of rotatable bonds is 11. The number of benzene rings is 1. The van der Waals surface area contributed by atoms with E-state index in [1.165, 1.54) is 4.90 Å². The maximum atomic E-state index is 13.7. The van der Waals surface area contributed by atoms with E-state index < -0.39 is 18.2 Å². The number of hydrogen-bond acceptors (Lipinski definition) is 10. The highest BCUT2D eigenvalue weighted by Gasteiger charge is 2.53. The fourth-order valence-electron chi connectivity index (χ4n) is 5.90. The second-order valence-electron chi connectivity index (χ2n) is 11.5. The maximum Gasteiger partial charge on any atom is 0.251 e. The van der Waals surface area contributed by atoms with Crippen LogP contribution in [-0.4, -0.2) is 123 Å². The molecule has 3 aliphatic rings. The number of ketones is 1. The van der Waals surface area contributed by atoms with Gasteiger partial charge in [0.25, 0.3) is 5.91 Å². The summed E-state index contributed by atoms with van der Waals surface area (Å²) in [7, 11) is 3.28. The van der Waals surface area contributed by atoms with Crippen molar-refractivity contribution in [2.24, 2.45) is 5.92 Å². The first kappa shape index (κ1) is 30.6. The van der Waals surface area contributed by atoms with E-state index in [2.05, 4.69) is 15.1 Å². The number of nitrogens with zero attached hydrogens (tertiary/aromatic N) is 4. The molecule has 1 N–H and O–H groups in total. The number of anilines is 1. The third kappa shape index (κ3) is 6.68. The first-order chi connectivity index (χ1) is 20.3. The summed E-state index contributed by atoms with van der Waals surface area (Å²) >= 11 is 1.63. The molecular formula is C30H41N5O6S. The quantitative estimate of drug-likeness (QED) is 0.414. The Morgan fingerprint density at radius 2 is 1.88 bits per heavy atom. The lowest BCUT2D eigenvalue weighted by atomic mass is 10.0. The molecule has 3 saturated heterocycles. The van der Waals surface area contributed by atoms with Crippen LogP contribution in [0, 0.1) is 5.92 Å². The van der Waals surface area contributed by atoms with Gasteiger partial charge in [-0.2, -0.15) is 0 Å². The highest BCUT2D eigenvalue weighted by atomic mass is 32.1. The number of ether oxygens (including phenoxy) is 3. The van der Waals surface area contributed by atoms with Gasteiger partial charge >= 0.3 is 0 Å². The van der Waals surface area contributed by atoms with Crippen molar-refractivity contribution in [3.8, 4) is 11.3 Å². The summed E-state index contributed by atoms with van der Waals surface area (Å²) in [4.78, 5) is 50.6. The van der Waals surface area contributed by atoms with Gasteiger partial charge in [0.05, 0.1) is 18.8 Å². The molecule has 228 valence electrons. The van der Waals surface area contributed by atoms with Crippen molar-refractivity contribution in [2.75, 3.05) is 71.6 Å². The number of thiazole rings is 1. The first-order valence-electron chi connectivity index (χ1n) is 14.6. The highest BCUT2D eigenvalue weighted by molar-refractivity contribution is 7.14. The molecule has 4 heterocycles. The Hall–Kier alpha value is -2.90. The maximum absolute atomic E-state index is 13.7. The van der Waals surface area contributed by atoms with Crippen molar-refractivity contribution in [2.45, 2.75) is 44.6 Å². The Bertz CT molecular complexity index is 1250. The Morgan fingerprint density at radius 3 is 2.55 bits per heavy atom. The van der Waals surface area contributed by atoms with Crippen LogP contribution in [0.5, 0.6) is 0 Å². The smallest absolute Gasteiger partial charge is 0.251 e. The largest absolute Gasteiger partial charge is 0.383 e. The van der Waals surface area contributed by atoms with E-state index in [1.807, 2.05) is 31.4 Å². The molecule has 0 unspecified atom stereocenters. The van der Waals surface area contributed by atoms with Crippen LogP contribution in [0.3, 0.4) is 0 Å². The van der Waals surface area contributed by atoms with Gasteiger partial charge in [0.2, 0.25) is 5.91 Å². The first-order valence-corrected chi connectivity index (χ1v) is 15.5. The number of likely N-dealkylation sites (tertiary alicyclic amines) is 1. The third-order valence-corrected chi connectivity index (χ3v) is 9.13.